The molecule has 0 saturated heterocycles. The number of aromatic nitrogens is 2. The van der Waals surface area contributed by atoms with Gasteiger partial charge in [-0.05, 0) is 30.0 Å². The van der Waals surface area contributed by atoms with Crippen LogP contribution in [0.1, 0.15) is 45.0 Å². The number of hydrogen-bond acceptors (Lipinski definition) is 1. The van der Waals surface area contributed by atoms with Gasteiger partial charge in [-0.1, -0.05) is 33.8 Å². The van der Waals surface area contributed by atoms with Crippen molar-refractivity contribution < 1.29 is 0 Å². The molecule has 2 aromatic rings. The van der Waals surface area contributed by atoms with E-state index in [-0.39, 0.29) is 0 Å². The number of nitrogens with one attached hydrogen (secondary N) is 1. The Kier molecular flexibility index (Phi) is 2.99. The van der Waals surface area contributed by atoms with Crippen molar-refractivity contribution in [2.75, 3.05) is 0 Å². The van der Waals surface area contributed by atoms with E-state index in [1.54, 1.807) is 0 Å². The zero-order chi connectivity index (χ0) is 11.7. The minimum Gasteiger partial charge on any atom is -0.342 e. The average Bonchev–Trinajstić information content (AvgIpc) is 2.69. The van der Waals surface area contributed by atoms with Crippen molar-refractivity contribution in [1.29, 1.82) is 0 Å². The maximum Gasteiger partial charge on any atom is 0.110 e. The first-order chi connectivity index (χ1) is 7.61. The molecular weight excluding hydrogens is 196 g/mol. The lowest BCUT2D eigenvalue weighted by Crippen LogP contribution is -2.03. The fraction of sp³-hybridized carbons (Fsp3) is 0.500. The van der Waals surface area contributed by atoms with E-state index in [4.69, 9.17) is 0 Å². The third-order valence-corrected chi connectivity index (χ3v) is 3.40. The first-order valence-corrected chi connectivity index (χ1v) is 6.10. The average molecular weight is 216 g/mol. The smallest absolute Gasteiger partial charge is 0.110 e. The first kappa shape index (κ1) is 11.2. The largest absolute Gasteiger partial charge is 0.342 e. The highest BCUT2D eigenvalue weighted by Gasteiger charge is 2.14. The summed E-state index contributed by atoms with van der Waals surface area (Å²) in [6.45, 7) is 8.86. The number of benzene rings is 1. The van der Waals surface area contributed by atoms with Gasteiger partial charge in [-0.15, -0.1) is 0 Å². The van der Waals surface area contributed by atoms with Crippen molar-refractivity contribution in [2.24, 2.45) is 5.92 Å². The quantitative estimate of drug-likeness (QED) is 0.828. The van der Waals surface area contributed by atoms with Crippen LogP contribution in [0.2, 0.25) is 0 Å². The maximum absolute atomic E-state index is 4.65. The van der Waals surface area contributed by atoms with E-state index < -0.39 is 0 Å². The Morgan fingerprint density at radius 2 is 2.00 bits per heavy atom. The van der Waals surface area contributed by atoms with E-state index >= 15 is 0 Å². The predicted molar refractivity (Wildman–Crippen MR) is 68.7 cm³/mol. The number of hydrogen-bond donors (Lipinski definition) is 1. The van der Waals surface area contributed by atoms with Gasteiger partial charge in [0.05, 0.1) is 11.0 Å². The summed E-state index contributed by atoms with van der Waals surface area (Å²) in [4.78, 5) is 8.09. The fourth-order valence-electron chi connectivity index (χ4n) is 1.83. The van der Waals surface area contributed by atoms with Gasteiger partial charge < -0.3 is 4.98 Å². The standard InChI is InChI=1S/C14H20N2/c1-5-11-6-7-12-13(8-11)16-14(15-12)10(4)9(2)3/h6-10H,5H2,1-4H3,(H,15,16). The molecule has 2 nitrogen and oxygen atoms in total. The van der Waals surface area contributed by atoms with E-state index in [1.165, 1.54) is 11.1 Å². The summed E-state index contributed by atoms with van der Waals surface area (Å²) in [6.07, 6.45) is 1.07. The molecule has 1 unspecified atom stereocenters. The predicted octanol–water partition coefficient (Wildman–Crippen LogP) is 3.88. The van der Waals surface area contributed by atoms with E-state index in [0.29, 0.717) is 11.8 Å². The summed E-state index contributed by atoms with van der Waals surface area (Å²) in [5.41, 5.74) is 3.61. The Hall–Kier alpha value is -1.31. The number of H-pyrrole nitrogens is 1. The van der Waals surface area contributed by atoms with Crippen molar-refractivity contribution in [3.63, 3.8) is 0 Å². The summed E-state index contributed by atoms with van der Waals surface area (Å²) >= 11 is 0. The molecule has 0 bridgehead atoms. The Labute approximate surface area is 97.1 Å². The molecule has 1 aromatic heterocycles. The minimum atomic E-state index is 0.484. The lowest BCUT2D eigenvalue weighted by molar-refractivity contribution is 0.515. The van der Waals surface area contributed by atoms with Gasteiger partial charge in [-0.2, -0.15) is 0 Å². The van der Waals surface area contributed by atoms with Gasteiger partial charge in [0.15, 0.2) is 0 Å². The third-order valence-electron chi connectivity index (χ3n) is 3.40. The Bertz CT molecular complexity index is 482. The van der Waals surface area contributed by atoms with Crippen LogP contribution in [0.25, 0.3) is 11.0 Å². The second kappa shape index (κ2) is 4.28. The maximum atomic E-state index is 4.65. The van der Waals surface area contributed by atoms with Gasteiger partial charge in [0.25, 0.3) is 0 Å². The Morgan fingerprint density at radius 3 is 2.62 bits per heavy atom. The molecule has 0 spiro atoms. The van der Waals surface area contributed by atoms with Gasteiger partial charge in [0.1, 0.15) is 5.82 Å². The van der Waals surface area contributed by atoms with Crippen molar-refractivity contribution >= 4 is 11.0 Å². The second-order valence-electron chi connectivity index (χ2n) is 4.86. The molecule has 0 fully saturated rings. The van der Waals surface area contributed by atoms with E-state index in [0.717, 1.165) is 17.8 Å². The molecule has 1 atom stereocenters. The van der Waals surface area contributed by atoms with Crippen LogP contribution in [0.15, 0.2) is 18.2 Å². The number of rotatable bonds is 3. The number of aromatic amines is 1. The molecule has 0 aliphatic rings. The van der Waals surface area contributed by atoms with Gasteiger partial charge >= 0.3 is 0 Å². The van der Waals surface area contributed by atoms with Crippen molar-refractivity contribution in [3.8, 4) is 0 Å². The molecule has 1 aromatic carbocycles. The highest BCUT2D eigenvalue weighted by atomic mass is 14.9. The zero-order valence-corrected chi connectivity index (χ0v) is 10.5. The molecule has 0 saturated carbocycles. The lowest BCUT2D eigenvalue weighted by Gasteiger charge is -2.11. The summed E-state index contributed by atoms with van der Waals surface area (Å²) in [5, 5.41) is 0. The molecule has 1 N–H and O–H groups in total. The van der Waals surface area contributed by atoms with Crippen molar-refractivity contribution in [2.45, 2.75) is 40.0 Å². The molecule has 86 valence electrons. The van der Waals surface area contributed by atoms with E-state index in [9.17, 15) is 0 Å². The van der Waals surface area contributed by atoms with E-state index in [2.05, 4.69) is 55.9 Å². The van der Waals surface area contributed by atoms with Crippen LogP contribution in [0, 0.1) is 5.92 Å². The van der Waals surface area contributed by atoms with Crippen LogP contribution in [0.3, 0.4) is 0 Å². The van der Waals surface area contributed by atoms with Crippen LogP contribution >= 0.6 is 0 Å². The summed E-state index contributed by atoms with van der Waals surface area (Å²) < 4.78 is 0. The van der Waals surface area contributed by atoms with Crippen molar-refractivity contribution in [3.05, 3.63) is 29.6 Å². The number of imidazole rings is 1. The molecule has 16 heavy (non-hydrogen) atoms. The molecule has 0 aliphatic heterocycles. The Morgan fingerprint density at radius 1 is 1.25 bits per heavy atom. The first-order valence-electron chi connectivity index (χ1n) is 6.10. The number of nitrogens with zero attached hydrogens (tertiary/aromatic N) is 1. The number of fused-ring (bicyclic) bond motifs is 1. The monoisotopic (exact) mass is 216 g/mol. The van der Waals surface area contributed by atoms with Crippen LogP contribution in [0.4, 0.5) is 0 Å². The van der Waals surface area contributed by atoms with Gasteiger partial charge in [0, 0.05) is 5.92 Å². The SMILES string of the molecule is CCc1ccc2nc(C(C)C(C)C)[nH]c2c1. The summed E-state index contributed by atoms with van der Waals surface area (Å²) in [7, 11) is 0. The lowest BCUT2D eigenvalue weighted by atomic mass is 9.98. The summed E-state index contributed by atoms with van der Waals surface area (Å²) in [6, 6.07) is 6.48. The van der Waals surface area contributed by atoms with E-state index in [1.807, 2.05) is 0 Å². The third kappa shape index (κ3) is 1.97. The highest BCUT2D eigenvalue weighted by molar-refractivity contribution is 5.76. The molecule has 0 radical (unpaired) electrons. The topological polar surface area (TPSA) is 28.7 Å². The molecule has 2 heteroatoms. The molecule has 1 heterocycles. The second-order valence-corrected chi connectivity index (χ2v) is 4.86. The molecule has 2 rings (SSSR count). The Balaban J connectivity index is 2.43. The fourth-order valence-corrected chi connectivity index (χ4v) is 1.83. The van der Waals surface area contributed by atoms with Crippen molar-refractivity contribution in [1.82, 2.24) is 9.97 Å². The van der Waals surface area contributed by atoms with Gasteiger partial charge in [-0.25, -0.2) is 4.98 Å². The van der Waals surface area contributed by atoms with Crippen LogP contribution in [-0.2, 0) is 6.42 Å². The summed E-state index contributed by atoms with van der Waals surface area (Å²) in [5.74, 6) is 2.21. The van der Waals surface area contributed by atoms with Gasteiger partial charge in [-0.3, -0.25) is 0 Å². The van der Waals surface area contributed by atoms with Crippen LogP contribution in [-0.4, -0.2) is 9.97 Å². The van der Waals surface area contributed by atoms with Crippen LogP contribution in [0.5, 0.6) is 0 Å². The zero-order valence-electron chi connectivity index (χ0n) is 10.5. The molecule has 0 aliphatic carbocycles. The highest BCUT2D eigenvalue weighted by Crippen LogP contribution is 2.24. The normalized spacial score (nSPS) is 13.6. The van der Waals surface area contributed by atoms with Gasteiger partial charge in [0.2, 0.25) is 0 Å². The molecule has 0 amide bonds. The number of aryl methyl sites for hydroxylation is 1. The minimum absolute atomic E-state index is 0.484. The molecular formula is C14H20N2. The van der Waals surface area contributed by atoms with Crippen LogP contribution < -0.4 is 0 Å².